The maximum atomic E-state index is 12.5. The molecule has 2 aliphatic rings. The molecule has 5 rings (SSSR count). The van der Waals surface area contributed by atoms with Gasteiger partial charge in [0.25, 0.3) is 5.91 Å². The van der Waals surface area contributed by atoms with E-state index < -0.39 is 0 Å². The standard InChI is InChI=1S/C19H21N7O2/c27-19(15-7-4-12-28-15)25-10-8-24(9-11-25)17-16-18(21-13-20-17)26(23-22-16)14-5-2-1-3-6-14/h1-3,5-6,13,15H,4,7-12H2/t15-/m1/s1. The Kier molecular flexibility index (Phi) is 4.36. The number of nitrogens with zero attached hydrogens (tertiary/aromatic N) is 7. The van der Waals surface area contributed by atoms with Gasteiger partial charge in [-0.05, 0) is 25.0 Å². The summed E-state index contributed by atoms with van der Waals surface area (Å²) >= 11 is 0. The van der Waals surface area contributed by atoms with Gasteiger partial charge in [0, 0.05) is 32.8 Å². The number of rotatable bonds is 3. The highest BCUT2D eigenvalue weighted by molar-refractivity contribution is 5.84. The van der Waals surface area contributed by atoms with Crippen molar-refractivity contribution in [1.82, 2.24) is 29.9 Å². The lowest BCUT2D eigenvalue weighted by Gasteiger charge is -2.36. The number of aromatic nitrogens is 5. The van der Waals surface area contributed by atoms with Crippen molar-refractivity contribution in [2.45, 2.75) is 18.9 Å². The molecule has 2 saturated heterocycles. The first-order valence-corrected chi connectivity index (χ1v) is 9.58. The molecule has 144 valence electrons. The Labute approximate surface area is 161 Å². The fourth-order valence-electron chi connectivity index (χ4n) is 3.83. The molecule has 0 saturated carbocycles. The average molecular weight is 379 g/mol. The summed E-state index contributed by atoms with van der Waals surface area (Å²) < 4.78 is 7.26. The molecule has 1 atom stereocenters. The van der Waals surface area contributed by atoms with Crippen molar-refractivity contribution in [1.29, 1.82) is 0 Å². The number of hydrogen-bond donors (Lipinski definition) is 0. The van der Waals surface area contributed by atoms with Crippen LogP contribution >= 0.6 is 0 Å². The van der Waals surface area contributed by atoms with Crippen molar-refractivity contribution in [3.63, 3.8) is 0 Å². The first kappa shape index (κ1) is 17.1. The van der Waals surface area contributed by atoms with Gasteiger partial charge >= 0.3 is 0 Å². The second-order valence-corrected chi connectivity index (χ2v) is 7.02. The van der Waals surface area contributed by atoms with Gasteiger partial charge in [0.1, 0.15) is 12.4 Å². The van der Waals surface area contributed by atoms with Crippen molar-refractivity contribution in [3.05, 3.63) is 36.7 Å². The molecule has 9 nitrogen and oxygen atoms in total. The van der Waals surface area contributed by atoms with Gasteiger partial charge in [-0.2, -0.15) is 4.68 Å². The third kappa shape index (κ3) is 2.97. The van der Waals surface area contributed by atoms with Crippen LogP contribution in [0, 0.1) is 0 Å². The van der Waals surface area contributed by atoms with Crippen LogP contribution < -0.4 is 4.90 Å². The quantitative estimate of drug-likeness (QED) is 0.672. The number of carbonyl (C=O) groups is 1. The second kappa shape index (κ2) is 7.16. The molecule has 2 aliphatic heterocycles. The van der Waals surface area contributed by atoms with Crippen molar-refractivity contribution in [2.24, 2.45) is 0 Å². The number of hydrogen-bond acceptors (Lipinski definition) is 7. The van der Waals surface area contributed by atoms with Crippen LogP contribution in [0.1, 0.15) is 12.8 Å². The monoisotopic (exact) mass is 379 g/mol. The number of carbonyl (C=O) groups excluding carboxylic acids is 1. The highest BCUT2D eigenvalue weighted by Gasteiger charge is 2.31. The molecule has 4 heterocycles. The average Bonchev–Trinajstić information content (AvgIpc) is 3.44. The topological polar surface area (TPSA) is 89.3 Å². The summed E-state index contributed by atoms with van der Waals surface area (Å²) in [6, 6.07) is 9.79. The van der Waals surface area contributed by atoms with Gasteiger partial charge in [-0.15, -0.1) is 5.10 Å². The second-order valence-electron chi connectivity index (χ2n) is 7.02. The predicted molar refractivity (Wildman–Crippen MR) is 102 cm³/mol. The number of para-hydroxylation sites is 1. The van der Waals surface area contributed by atoms with Crippen molar-refractivity contribution >= 4 is 22.9 Å². The third-order valence-electron chi connectivity index (χ3n) is 5.32. The van der Waals surface area contributed by atoms with Crippen LogP contribution in [0.2, 0.25) is 0 Å². The molecule has 0 N–H and O–H groups in total. The Hall–Kier alpha value is -3.07. The summed E-state index contributed by atoms with van der Waals surface area (Å²) in [7, 11) is 0. The minimum Gasteiger partial charge on any atom is -0.368 e. The maximum Gasteiger partial charge on any atom is 0.251 e. The Morgan fingerprint density at radius 1 is 1.07 bits per heavy atom. The zero-order chi connectivity index (χ0) is 18.9. The van der Waals surface area contributed by atoms with Crippen LogP contribution in [-0.4, -0.2) is 74.7 Å². The van der Waals surface area contributed by atoms with Gasteiger partial charge in [0.2, 0.25) is 0 Å². The Balaban J connectivity index is 1.36. The zero-order valence-electron chi connectivity index (χ0n) is 15.4. The summed E-state index contributed by atoms with van der Waals surface area (Å²) in [6.45, 7) is 3.38. The SMILES string of the molecule is O=C([C@H]1CCCO1)N1CCN(c2ncnc3c2nnn3-c2ccccc2)CC1. The molecular weight excluding hydrogens is 358 g/mol. The van der Waals surface area contributed by atoms with E-state index in [1.165, 1.54) is 0 Å². The van der Waals surface area contributed by atoms with Crippen LogP contribution in [0.15, 0.2) is 36.7 Å². The lowest BCUT2D eigenvalue weighted by molar-refractivity contribution is -0.141. The van der Waals surface area contributed by atoms with E-state index in [9.17, 15) is 4.79 Å². The highest BCUT2D eigenvalue weighted by atomic mass is 16.5. The zero-order valence-corrected chi connectivity index (χ0v) is 15.4. The summed E-state index contributed by atoms with van der Waals surface area (Å²) in [6.07, 6.45) is 3.08. The molecule has 1 aromatic carbocycles. The highest BCUT2D eigenvalue weighted by Crippen LogP contribution is 2.24. The number of amides is 1. The van der Waals surface area contributed by atoms with E-state index >= 15 is 0 Å². The first-order valence-electron chi connectivity index (χ1n) is 9.58. The molecule has 1 amide bonds. The van der Waals surface area contributed by atoms with E-state index in [0.29, 0.717) is 43.9 Å². The molecule has 3 aromatic rings. The van der Waals surface area contributed by atoms with E-state index in [-0.39, 0.29) is 12.0 Å². The van der Waals surface area contributed by atoms with Crippen LogP contribution in [0.25, 0.3) is 16.9 Å². The summed E-state index contributed by atoms with van der Waals surface area (Å²) in [5.41, 5.74) is 2.25. The fourth-order valence-corrected chi connectivity index (χ4v) is 3.83. The molecule has 0 aliphatic carbocycles. The minimum absolute atomic E-state index is 0.111. The van der Waals surface area contributed by atoms with Crippen molar-refractivity contribution < 1.29 is 9.53 Å². The minimum atomic E-state index is -0.261. The Bertz CT molecular complexity index is 976. The van der Waals surface area contributed by atoms with E-state index in [4.69, 9.17) is 4.74 Å². The first-order chi connectivity index (χ1) is 13.8. The van der Waals surface area contributed by atoms with Gasteiger partial charge in [0.05, 0.1) is 5.69 Å². The molecule has 0 bridgehead atoms. The van der Waals surface area contributed by atoms with Crippen LogP contribution in [0.3, 0.4) is 0 Å². The van der Waals surface area contributed by atoms with Crippen LogP contribution in [0.5, 0.6) is 0 Å². The molecule has 2 fully saturated rings. The lowest BCUT2D eigenvalue weighted by atomic mass is 10.2. The maximum absolute atomic E-state index is 12.5. The predicted octanol–water partition coefficient (Wildman–Crippen LogP) is 1.04. The molecular formula is C19H21N7O2. The Morgan fingerprint density at radius 3 is 2.64 bits per heavy atom. The molecule has 2 aromatic heterocycles. The van der Waals surface area contributed by atoms with Gasteiger partial charge in [-0.25, -0.2) is 9.97 Å². The van der Waals surface area contributed by atoms with Crippen molar-refractivity contribution in [2.75, 3.05) is 37.7 Å². The van der Waals surface area contributed by atoms with Gasteiger partial charge in [-0.3, -0.25) is 4.79 Å². The molecule has 9 heteroatoms. The molecule has 0 spiro atoms. The summed E-state index contributed by atoms with van der Waals surface area (Å²) in [4.78, 5) is 25.4. The number of ether oxygens (including phenoxy) is 1. The lowest BCUT2D eigenvalue weighted by Crippen LogP contribution is -2.51. The molecule has 0 radical (unpaired) electrons. The van der Waals surface area contributed by atoms with Crippen molar-refractivity contribution in [3.8, 4) is 5.69 Å². The summed E-state index contributed by atoms with van der Waals surface area (Å²) in [5, 5.41) is 8.61. The number of benzene rings is 1. The van der Waals surface area contributed by atoms with E-state index in [1.54, 1.807) is 11.0 Å². The number of piperazine rings is 1. The van der Waals surface area contributed by atoms with Gasteiger partial charge in [0.15, 0.2) is 17.0 Å². The van der Waals surface area contributed by atoms with Crippen LogP contribution in [-0.2, 0) is 9.53 Å². The van der Waals surface area contributed by atoms with E-state index in [2.05, 4.69) is 25.2 Å². The Morgan fingerprint density at radius 2 is 1.89 bits per heavy atom. The van der Waals surface area contributed by atoms with Gasteiger partial charge in [-0.1, -0.05) is 23.4 Å². The summed E-state index contributed by atoms with van der Waals surface area (Å²) in [5.74, 6) is 0.872. The normalized spacial score (nSPS) is 20.1. The molecule has 0 unspecified atom stereocenters. The molecule has 28 heavy (non-hydrogen) atoms. The van der Waals surface area contributed by atoms with E-state index in [1.807, 2.05) is 35.2 Å². The van der Waals surface area contributed by atoms with E-state index in [0.717, 1.165) is 24.3 Å². The number of fused-ring (bicyclic) bond motifs is 1. The van der Waals surface area contributed by atoms with Gasteiger partial charge < -0.3 is 14.5 Å². The smallest absolute Gasteiger partial charge is 0.251 e. The largest absolute Gasteiger partial charge is 0.368 e. The van der Waals surface area contributed by atoms with Crippen LogP contribution in [0.4, 0.5) is 5.82 Å². The number of anilines is 1. The fraction of sp³-hybridized carbons (Fsp3) is 0.421. The third-order valence-corrected chi connectivity index (χ3v) is 5.32.